The van der Waals surface area contributed by atoms with Gasteiger partial charge in [-0.15, -0.1) is 0 Å². The average Bonchev–Trinajstić information content (AvgIpc) is 3.51. The Kier molecular flexibility index (Phi) is 6.23. The molecule has 1 fully saturated rings. The molecule has 0 unspecified atom stereocenters. The first-order chi connectivity index (χ1) is 16.8. The highest BCUT2D eigenvalue weighted by Crippen LogP contribution is 2.50. The second kappa shape index (κ2) is 9.21. The Morgan fingerprint density at radius 2 is 1.69 bits per heavy atom. The number of halogens is 1. The maximum Gasteiger partial charge on any atom is 0.233 e. The van der Waals surface area contributed by atoms with Gasteiger partial charge in [0.2, 0.25) is 12.7 Å². The van der Waals surface area contributed by atoms with Crippen LogP contribution in [-0.2, 0) is 16.8 Å². The first kappa shape index (κ1) is 23.7. The Balaban J connectivity index is 1.51. The largest absolute Gasteiger partial charge is 0.454 e. The number of pyridine rings is 1. The molecule has 1 saturated carbocycles. The van der Waals surface area contributed by atoms with Gasteiger partial charge < -0.3 is 24.2 Å². The number of amides is 1. The van der Waals surface area contributed by atoms with Crippen LogP contribution in [0.1, 0.15) is 24.0 Å². The second-order valence-corrected chi connectivity index (χ2v) is 10.3. The van der Waals surface area contributed by atoms with E-state index in [4.69, 9.17) is 26.1 Å². The number of aromatic nitrogens is 1. The molecule has 5 rings (SSSR count). The fourth-order valence-electron chi connectivity index (χ4n) is 4.70. The number of benzene rings is 2. The minimum absolute atomic E-state index is 0.164. The third-order valence-corrected chi connectivity index (χ3v) is 7.06. The van der Waals surface area contributed by atoms with E-state index in [0.29, 0.717) is 23.9 Å². The molecule has 2 aromatic carbocycles. The van der Waals surface area contributed by atoms with Crippen LogP contribution in [0.5, 0.6) is 11.5 Å². The van der Waals surface area contributed by atoms with E-state index in [-0.39, 0.29) is 12.7 Å². The van der Waals surface area contributed by atoms with Gasteiger partial charge in [-0.1, -0.05) is 23.7 Å². The summed E-state index contributed by atoms with van der Waals surface area (Å²) in [5.74, 6) is 2.44. The first-order valence-corrected chi connectivity index (χ1v) is 12.3. The Labute approximate surface area is 211 Å². The van der Waals surface area contributed by atoms with Gasteiger partial charge in [0, 0.05) is 55.8 Å². The quantitative estimate of drug-likeness (QED) is 0.465. The molecule has 8 heteroatoms. The first-order valence-electron chi connectivity index (χ1n) is 11.9. The number of carbonyl (C=O) groups is 1. The maximum atomic E-state index is 14.0. The molecule has 0 saturated heterocycles. The molecule has 0 bridgehead atoms. The van der Waals surface area contributed by atoms with Crippen molar-refractivity contribution in [1.82, 2.24) is 14.8 Å². The number of hydrogen-bond donors (Lipinski definition) is 0. The van der Waals surface area contributed by atoms with Crippen LogP contribution in [0.4, 0.5) is 5.82 Å². The van der Waals surface area contributed by atoms with Gasteiger partial charge in [0.15, 0.2) is 11.5 Å². The predicted octanol–water partition coefficient (Wildman–Crippen LogP) is 4.30. The van der Waals surface area contributed by atoms with Crippen LogP contribution in [-0.4, -0.2) is 68.8 Å². The van der Waals surface area contributed by atoms with Crippen molar-refractivity contribution in [2.24, 2.45) is 0 Å². The summed E-state index contributed by atoms with van der Waals surface area (Å²) >= 11 is 6.12. The monoisotopic (exact) mass is 494 g/mol. The summed E-state index contributed by atoms with van der Waals surface area (Å²) in [7, 11) is 8.01. The van der Waals surface area contributed by atoms with Crippen LogP contribution in [0.2, 0.25) is 5.02 Å². The lowest BCUT2D eigenvalue weighted by molar-refractivity contribution is -0.134. The lowest BCUT2D eigenvalue weighted by Gasteiger charge is -2.30. The summed E-state index contributed by atoms with van der Waals surface area (Å²) in [4.78, 5) is 25.1. The lowest BCUT2D eigenvalue weighted by Crippen LogP contribution is -2.42. The van der Waals surface area contributed by atoms with Gasteiger partial charge in [-0.05, 0) is 56.8 Å². The third kappa shape index (κ3) is 4.62. The Bertz CT molecular complexity index is 1260. The molecular weight excluding hydrogens is 464 g/mol. The van der Waals surface area contributed by atoms with Crippen molar-refractivity contribution in [3.63, 3.8) is 0 Å². The summed E-state index contributed by atoms with van der Waals surface area (Å²) in [6.45, 7) is 2.11. The van der Waals surface area contributed by atoms with Gasteiger partial charge in [0.25, 0.3) is 0 Å². The van der Waals surface area contributed by atoms with E-state index < -0.39 is 5.41 Å². The van der Waals surface area contributed by atoms with Crippen LogP contribution >= 0.6 is 11.6 Å². The average molecular weight is 495 g/mol. The molecule has 184 valence electrons. The van der Waals surface area contributed by atoms with E-state index in [1.807, 2.05) is 74.4 Å². The minimum atomic E-state index is -0.467. The molecule has 1 aliphatic carbocycles. The zero-order valence-electron chi connectivity index (χ0n) is 20.7. The second-order valence-electron chi connectivity index (χ2n) is 9.88. The summed E-state index contributed by atoms with van der Waals surface area (Å²) in [6, 6.07) is 13.7. The van der Waals surface area contributed by atoms with Crippen LogP contribution in [0.25, 0.3) is 10.9 Å². The molecule has 7 nitrogen and oxygen atoms in total. The van der Waals surface area contributed by atoms with Crippen LogP contribution in [0.3, 0.4) is 0 Å². The molecule has 0 spiro atoms. The molecule has 1 aromatic heterocycles. The van der Waals surface area contributed by atoms with Gasteiger partial charge in [0.05, 0.1) is 10.9 Å². The number of nitrogens with zero attached hydrogens (tertiary/aromatic N) is 4. The summed E-state index contributed by atoms with van der Waals surface area (Å²) in [6.07, 6.45) is 1.71. The molecule has 35 heavy (non-hydrogen) atoms. The number of likely N-dealkylation sites (N-methyl/N-ethyl adjacent to an activating group) is 1. The van der Waals surface area contributed by atoms with Crippen molar-refractivity contribution < 1.29 is 14.3 Å². The van der Waals surface area contributed by atoms with E-state index in [1.165, 1.54) is 0 Å². The lowest BCUT2D eigenvalue weighted by atomic mass is 9.94. The van der Waals surface area contributed by atoms with Crippen molar-refractivity contribution in [3.05, 3.63) is 58.6 Å². The summed E-state index contributed by atoms with van der Waals surface area (Å²) in [5.41, 5.74) is 2.41. The van der Waals surface area contributed by atoms with E-state index >= 15 is 0 Å². The highest BCUT2D eigenvalue weighted by atomic mass is 35.5. The van der Waals surface area contributed by atoms with E-state index in [1.54, 1.807) is 0 Å². The number of ether oxygens (including phenoxy) is 2. The third-order valence-electron chi connectivity index (χ3n) is 6.81. The molecule has 0 atom stereocenters. The topological polar surface area (TPSA) is 58.1 Å². The van der Waals surface area contributed by atoms with Crippen molar-refractivity contribution in [2.45, 2.75) is 24.8 Å². The summed E-state index contributed by atoms with van der Waals surface area (Å²) in [5, 5.41) is 1.65. The molecule has 1 amide bonds. The van der Waals surface area contributed by atoms with Crippen molar-refractivity contribution >= 4 is 34.2 Å². The zero-order valence-corrected chi connectivity index (χ0v) is 21.4. The molecule has 2 heterocycles. The van der Waals surface area contributed by atoms with Gasteiger partial charge in [-0.2, -0.15) is 0 Å². The molecule has 2 aliphatic rings. The maximum absolute atomic E-state index is 14.0. The number of hydrogen-bond acceptors (Lipinski definition) is 6. The van der Waals surface area contributed by atoms with Crippen molar-refractivity contribution in [3.8, 4) is 11.5 Å². The Morgan fingerprint density at radius 1 is 1.00 bits per heavy atom. The molecule has 1 aliphatic heterocycles. The smallest absolute Gasteiger partial charge is 0.233 e. The fourth-order valence-corrected chi connectivity index (χ4v) is 4.83. The predicted molar refractivity (Wildman–Crippen MR) is 139 cm³/mol. The number of fused-ring (bicyclic) bond motifs is 2. The fraction of sp³-hybridized carbons (Fsp3) is 0.407. The van der Waals surface area contributed by atoms with Gasteiger partial charge in [-0.3, -0.25) is 4.79 Å². The molecule has 3 aromatic rings. The van der Waals surface area contributed by atoms with E-state index in [0.717, 1.165) is 53.0 Å². The van der Waals surface area contributed by atoms with Crippen LogP contribution < -0.4 is 14.4 Å². The van der Waals surface area contributed by atoms with Gasteiger partial charge in [-0.25, -0.2) is 4.98 Å². The van der Waals surface area contributed by atoms with E-state index in [2.05, 4.69) is 11.0 Å². The number of carbonyl (C=O) groups excluding carboxylic acids is 1. The molecular formula is C27H31ClN4O3. The normalized spacial score (nSPS) is 15.5. The SMILES string of the molecule is CN(C)CCN(Cc1cc2cc3c(cc2nc1N(C)C)OCO3)C(=O)C1(c2ccc(Cl)cc2)CC1. The standard InChI is InChI=1S/C27H31ClN4O3/c1-30(2)11-12-32(26(33)27(9-10-27)20-5-7-21(28)8-6-20)16-19-13-18-14-23-24(35-17-34-23)15-22(18)29-25(19)31(3)4/h5-8,13-15H,9-12,16-17H2,1-4H3. The Morgan fingerprint density at radius 3 is 2.31 bits per heavy atom. The minimum Gasteiger partial charge on any atom is -0.454 e. The highest BCUT2D eigenvalue weighted by molar-refractivity contribution is 6.30. The molecule has 0 N–H and O–H groups in total. The van der Waals surface area contributed by atoms with Gasteiger partial charge >= 0.3 is 0 Å². The molecule has 0 radical (unpaired) electrons. The van der Waals surface area contributed by atoms with E-state index in [9.17, 15) is 4.79 Å². The van der Waals surface area contributed by atoms with Crippen molar-refractivity contribution in [1.29, 1.82) is 0 Å². The van der Waals surface area contributed by atoms with Crippen LogP contribution in [0.15, 0.2) is 42.5 Å². The number of rotatable bonds is 8. The summed E-state index contributed by atoms with van der Waals surface area (Å²) < 4.78 is 11.1. The Hall–Kier alpha value is -3.03. The zero-order chi connectivity index (χ0) is 24.7. The van der Waals surface area contributed by atoms with Crippen molar-refractivity contribution in [2.75, 3.05) is 53.0 Å². The highest BCUT2D eigenvalue weighted by Gasteiger charge is 2.53. The van der Waals surface area contributed by atoms with Crippen LogP contribution in [0, 0.1) is 0 Å². The number of anilines is 1. The van der Waals surface area contributed by atoms with Gasteiger partial charge in [0.1, 0.15) is 5.82 Å².